The Balaban J connectivity index is 2.04. The molecule has 5 nitrogen and oxygen atoms in total. The van der Waals surface area contributed by atoms with Crippen molar-refractivity contribution in [3.63, 3.8) is 0 Å². The lowest BCUT2D eigenvalue weighted by Crippen LogP contribution is -1.85. The Kier molecular flexibility index (Phi) is 2.72. The van der Waals surface area contributed by atoms with Crippen LogP contribution in [0, 0.1) is 6.92 Å². The number of aromatic nitrogens is 4. The molecule has 3 aromatic rings. The van der Waals surface area contributed by atoms with Gasteiger partial charge in [0.05, 0.1) is 5.56 Å². The molecule has 0 bridgehead atoms. The molecule has 2 heterocycles. The van der Waals surface area contributed by atoms with Gasteiger partial charge in [0.2, 0.25) is 0 Å². The van der Waals surface area contributed by atoms with E-state index in [1.54, 1.807) is 12.3 Å². The largest absolute Gasteiger partial charge is 0.507 e. The van der Waals surface area contributed by atoms with E-state index in [1.165, 1.54) is 0 Å². The molecule has 0 unspecified atom stereocenters. The number of rotatable bonds is 2. The Hall–Kier alpha value is -2.69. The molecule has 1 aromatic carbocycles. The van der Waals surface area contributed by atoms with E-state index in [2.05, 4.69) is 20.2 Å². The van der Waals surface area contributed by atoms with Gasteiger partial charge in [-0.3, -0.25) is 10.1 Å². The fourth-order valence-corrected chi connectivity index (χ4v) is 1.83. The Bertz CT molecular complexity index is 706. The Morgan fingerprint density at radius 1 is 1.16 bits per heavy atom. The molecule has 0 amide bonds. The van der Waals surface area contributed by atoms with Gasteiger partial charge in [0.25, 0.3) is 0 Å². The van der Waals surface area contributed by atoms with Crippen LogP contribution in [0.5, 0.6) is 5.75 Å². The van der Waals surface area contributed by atoms with Gasteiger partial charge in [-0.1, -0.05) is 17.7 Å². The van der Waals surface area contributed by atoms with Crippen LogP contribution in [0.4, 0.5) is 0 Å². The van der Waals surface area contributed by atoms with Crippen LogP contribution < -0.4 is 0 Å². The molecular formula is C14H12N4O. The van der Waals surface area contributed by atoms with Gasteiger partial charge >= 0.3 is 0 Å². The average molecular weight is 252 g/mol. The van der Waals surface area contributed by atoms with Crippen molar-refractivity contribution in [2.45, 2.75) is 6.92 Å². The third-order valence-electron chi connectivity index (χ3n) is 2.79. The van der Waals surface area contributed by atoms with Crippen molar-refractivity contribution in [3.05, 3.63) is 48.2 Å². The SMILES string of the molecule is Cc1ccc(O)c(-c2n[nH]c(-c3ccccn3)n2)c1. The van der Waals surface area contributed by atoms with Gasteiger partial charge in [-0.25, -0.2) is 4.98 Å². The van der Waals surface area contributed by atoms with Crippen molar-refractivity contribution in [1.82, 2.24) is 20.2 Å². The molecule has 0 aliphatic heterocycles. The number of pyridine rings is 1. The molecule has 3 rings (SSSR count). The Morgan fingerprint density at radius 3 is 2.84 bits per heavy atom. The second kappa shape index (κ2) is 4.53. The molecule has 0 aliphatic carbocycles. The summed E-state index contributed by atoms with van der Waals surface area (Å²) in [5.41, 5.74) is 2.36. The number of phenolic OH excluding ortho intramolecular Hbond substituents is 1. The van der Waals surface area contributed by atoms with Crippen molar-refractivity contribution >= 4 is 0 Å². The molecule has 5 heteroatoms. The van der Waals surface area contributed by atoms with Gasteiger partial charge in [0.1, 0.15) is 11.4 Å². The first kappa shape index (κ1) is 11.4. The standard InChI is InChI=1S/C14H12N4O/c1-9-5-6-12(19)10(8-9)13-16-14(18-17-13)11-4-2-3-7-15-11/h2-8,19H,1H3,(H,16,17,18). The van der Waals surface area contributed by atoms with Crippen LogP contribution in [0.25, 0.3) is 22.9 Å². The van der Waals surface area contributed by atoms with Crippen LogP contribution in [0.15, 0.2) is 42.6 Å². The zero-order valence-electron chi connectivity index (χ0n) is 10.3. The first-order valence-electron chi connectivity index (χ1n) is 5.88. The number of benzene rings is 1. The topological polar surface area (TPSA) is 74.7 Å². The van der Waals surface area contributed by atoms with Crippen LogP contribution in [-0.4, -0.2) is 25.3 Å². The Labute approximate surface area is 110 Å². The summed E-state index contributed by atoms with van der Waals surface area (Å²) in [6, 6.07) is 10.9. The summed E-state index contributed by atoms with van der Waals surface area (Å²) in [4.78, 5) is 8.56. The van der Waals surface area contributed by atoms with Crippen LogP contribution in [0.1, 0.15) is 5.56 Å². The minimum absolute atomic E-state index is 0.164. The molecule has 0 saturated carbocycles. The first-order valence-corrected chi connectivity index (χ1v) is 5.88. The molecule has 0 fully saturated rings. The molecule has 0 spiro atoms. The minimum Gasteiger partial charge on any atom is -0.507 e. The molecule has 2 N–H and O–H groups in total. The third kappa shape index (κ3) is 2.18. The predicted molar refractivity (Wildman–Crippen MR) is 71.5 cm³/mol. The van der Waals surface area contributed by atoms with E-state index < -0.39 is 0 Å². The molecular weight excluding hydrogens is 240 g/mol. The number of aryl methyl sites for hydroxylation is 1. The molecule has 0 aliphatic rings. The molecule has 0 radical (unpaired) electrons. The van der Waals surface area contributed by atoms with Gasteiger partial charge < -0.3 is 5.11 Å². The lowest BCUT2D eigenvalue weighted by Gasteiger charge is -2.00. The summed E-state index contributed by atoms with van der Waals surface area (Å²) in [5.74, 6) is 1.20. The summed E-state index contributed by atoms with van der Waals surface area (Å²) >= 11 is 0. The maximum Gasteiger partial charge on any atom is 0.185 e. The second-order valence-electron chi connectivity index (χ2n) is 4.24. The van der Waals surface area contributed by atoms with Gasteiger partial charge in [-0.15, -0.1) is 0 Å². The number of aromatic amines is 1. The normalized spacial score (nSPS) is 10.6. The van der Waals surface area contributed by atoms with Crippen LogP contribution in [0.3, 0.4) is 0 Å². The molecule has 19 heavy (non-hydrogen) atoms. The van der Waals surface area contributed by atoms with Crippen molar-refractivity contribution in [3.8, 4) is 28.7 Å². The maximum atomic E-state index is 9.86. The predicted octanol–water partition coefficient (Wildman–Crippen LogP) is 2.55. The van der Waals surface area contributed by atoms with E-state index in [0.717, 1.165) is 5.56 Å². The number of hydrogen-bond acceptors (Lipinski definition) is 4. The zero-order valence-corrected chi connectivity index (χ0v) is 10.3. The van der Waals surface area contributed by atoms with Gasteiger partial charge in [-0.2, -0.15) is 5.10 Å². The van der Waals surface area contributed by atoms with Crippen LogP contribution in [-0.2, 0) is 0 Å². The van der Waals surface area contributed by atoms with Crippen LogP contribution >= 0.6 is 0 Å². The van der Waals surface area contributed by atoms with Gasteiger partial charge in [0, 0.05) is 6.20 Å². The second-order valence-corrected chi connectivity index (χ2v) is 4.24. The van der Waals surface area contributed by atoms with Gasteiger partial charge in [0.15, 0.2) is 11.6 Å². The first-order chi connectivity index (χ1) is 9.24. The van der Waals surface area contributed by atoms with E-state index in [-0.39, 0.29) is 5.75 Å². The fraction of sp³-hybridized carbons (Fsp3) is 0.0714. The highest BCUT2D eigenvalue weighted by atomic mass is 16.3. The van der Waals surface area contributed by atoms with E-state index in [4.69, 9.17) is 0 Å². The number of hydrogen-bond donors (Lipinski definition) is 2. The summed E-state index contributed by atoms with van der Waals surface area (Å²) in [6.07, 6.45) is 1.70. The van der Waals surface area contributed by atoms with Crippen LogP contribution in [0.2, 0.25) is 0 Å². The highest BCUT2D eigenvalue weighted by Crippen LogP contribution is 2.28. The van der Waals surface area contributed by atoms with E-state index in [0.29, 0.717) is 22.9 Å². The fourth-order valence-electron chi connectivity index (χ4n) is 1.83. The van der Waals surface area contributed by atoms with E-state index in [9.17, 15) is 5.11 Å². The lowest BCUT2D eigenvalue weighted by atomic mass is 10.1. The smallest absolute Gasteiger partial charge is 0.185 e. The van der Waals surface area contributed by atoms with Crippen molar-refractivity contribution in [1.29, 1.82) is 0 Å². The zero-order chi connectivity index (χ0) is 13.2. The monoisotopic (exact) mass is 252 g/mol. The lowest BCUT2D eigenvalue weighted by molar-refractivity contribution is 0.477. The number of nitrogens with one attached hydrogen (secondary N) is 1. The average Bonchev–Trinajstić information content (AvgIpc) is 2.92. The van der Waals surface area contributed by atoms with Crippen molar-refractivity contribution < 1.29 is 5.11 Å². The van der Waals surface area contributed by atoms with Crippen molar-refractivity contribution in [2.75, 3.05) is 0 Å². The minimum atomic E-state index is 0.164. The quantitative estimate of drug-likeness (QED) is 0.735. The Morgan fingerprint density at radius 2 is 2.05 bits per heavy atom. The molecule has 2 aromatic heterocycles. The number of H-pyrrole nitrogens is 1. The number of aromatic hydroxyl groups is 1. The van der Waals surface area contributed by atoms with Crippen molar-refractivity contribution in [2.24, 2.45) is 0 Å². The summed E-state index contributed by atoms with van der Waals surface area (Å²) in [5, 5.41) is 16.8. The molecule has 0 atom stereocenters. The summed E-state index contributed by atoms with van der Waals surface area (Å²) in [6.45, 7) is 1.95. The molecule has 0 saturated heterocycles. The summed E-state index contributed by atoms with van der Waals surface area (Å²) < 4.78 is 0. The number of phenols is 1. The summed E-state index contributed by atoms with van der Waals surface area (Å²) in [7, 11) is 0. The molecule has 94 valence electrons. The highest BCUT2D eigenvalue weighted by molar-refractivity contribution is 5.66. The van der Waals surface area contributed by atoms with E-state index >= 15 is 0 Å². The maximum absolute atomic E-state index is 9.86. The third-order valence-corrected chi connectivity index (χ3v) is 2.79. The number of nitrogens with zero attached hydrogens (tertiary/aromatic N) is 3. The van der Waals surface area contributed by atoms with Gasteiger partial charge in [-0.05, 0) is 31.2 Å². The van der Waals surface area contributed by atoms with E-state index in [1.807, 2.05) is 37.3 Å². The highest BCUT2D eigenvalue weighted by Gasteiger charge is 2.11.